The lowest BCUT2D eigenvalue weighted by atomic mass is 10.0. The summed E-state index contributed by atoms with van der Waals surface area (Å²) in [6, 6.07) is 2.77. The number of H-pyrrole nitrogens is 1. The Labute approximate surface area is 151 Å². The number of Topliss-reactive ketones (excluding diaryl/α,β-unsaturated/α-hetero) is 1. The number of rotatable bonds is 4. The standard InChI is InChI=1S/C17H16N2O8/c1-2-4-8-7-19(17(25)18-15(8)24)16-13(23)12(22)14(27-16)11(21)10(20)9-5-3-6-26-9/h3,5-7,11-14,16,21-23H,1H3,(H,18,24,25)/t11?,12-,13-,14+,16+/m0/s1. The molecular formula is C17H16N2O8. The molecule has 0 saturated carbocycles. The average molecular weight is 376 g/mol. The van der Waals surface area contributed by atoms with E-state index in [-0.39, 0.29) is 11.3 Å². The van der Waals surface area contributed by atoms with E-state index in [1.165, 1.54) is 25.3 Å². The normalized spacial score (nSPS) is 25.6. The Hall–Kier alpha value is -2.97. The van der Waals surface area contributed by atoms with Crippen molar-refractivity contribution in [1.29, 1.82) is 0 Å². The van der Waals surface area contributed by atoms with Gasteiger partial charge in [-0.15, -0.1) is 5.92 Å². The molecule has 4 N–H and O–H groups in total. The molecular weight excluding hydrogens is 360 g/mol. The molecule has 3 rings (SSSR count). The topological polar surface area (TPSA) is 155 Å². The maximum Gasteiger partial charge on any atom is 0.330 e. The number of hydrogen-bond acceptors (Lipinski definition) is 8. The first kappa shape index (κ1) is 18.8. The number of aliphatic hydroxyl groups excluding tert-OH is 3. The third kappa shape index (κ3) is 3.36. The maximum atomic E-state index is 12.2. The average Bonchev–Trinajstić information content (AvgIpc) is 3.26. The van der Waals surface area contributed by atoms with Gasteiger partial charge < -0.3 is 24.5 Å². The predicted octanol–water partition coefficient (Wildman–Crippen LogP) is -1.64. The fraction of sp³-hybridized carbons (Fsp3) is 0.353. The van der Waals surface area contributed by atoms with E-state index in [0.717, 1.165) is 10.8 Å². The smallest absolute Gasteiger partial charge is 0.330 e. The number of nitrogens with one attached hydrogen (secondary N) is 1. The predicted molar refractivity (Wildman–Crippen MR) is 88.8 cm³/mol. The maximum absolute atomic E-state index is 12.2. The third-order valence-corrected chi connectivity index (χ3v) is 4.12. The van der Waals surface area contributed by atoms with Crippen LogP contribution in [-0.2, 0) is 4.74 Å². The van der Waals surface area contributed by atoms with Gasteiger partial charge in [-0.3, -0.25) is 19.1 Å². The van der Waals surface area contributed by atoms with Gasteiger partial charge in [0.15, 0.2) is 12.0 Å². The number of nitrogens with zero attached hydrogens (tertiary/aromatic N) is 1. The Bertz CT molecular complexity index is 1010. The Morgan fingerprint density at radius 1 is 1.33 bits per heavy atom. The summed E-state index contributed by atoms with van der Waals surface area (Å²) in [5, 5.41) is 30.7. The summed E-state index contributed by atoms with van der Waals surface area (Å²) < 4.78 is 11.1. The van der Waals surface area contributed by atoms with Gasteiger partial charge in [-0.1, -0.05) is 5.92 Å². The first-order valence-electron chi connectivity index (χ1n) is 7.90. The van der Waals surface area contributed by atoms with Crippen molar-refractivity contribution in [3.63, 3.8) is 0 Å². The lowest BCUT2D eigenvalue weighted by Gasteiger charge is -2.19. The molecule has 1 fully saturated rings. The Balaban J connectivity index is 1.92. The molecule has 0 amide bonds. The first-order valence-corrected chi connectivity index (χ1v) is 7.90. The monoisotopic (exact) mass is 376 g/mol. The Morgan fingerprint density at radius 3 is 2.70 bits per heavy atom. The highest BCUT2D eigenvalue weighted by molar-refractivity contribution is 5.97. The van der Waals surface area contributed by atoms with Crippen LogP contribution in [0.15, 0.2) is 38.6 Å². The van der Waals surface area contributed by atoms with Crippen LogP contribution in [0.25, 0.3) is 0 Å². The molecule has 0 spiro atoms. The summed E-state index contributed by atoms with van der Waals surface area (Å²) in [4.78, 5) is 38.0. The number of aliphatic hydroxyl groups is 3. The second-order valence-corrected chi connectivity index (χ2v) is 5.84. The summed E-state index contributed by atoms with van der Waals surface area (Å²) >= 11 is 0. The zero-order valence-corrected chi connectivity index (χ0v) is 14.0. The fourth-order valence-electron chi connectivity index (χ4n) is 2.79. The number of hydrogen-bond donors (Lipinski definition) is 4. The number of carbonyl (C=O) groups is 1. The number of aromatic nitrogens is 2. The van der Waals surface area contributed by atoms with E-state index in [9.17, 15) is 29.7 Å². The van der Waals surface area contributed by atoms with Crippen molar-refractivity contribution in [2.75, 3.05) is 0 Å². The highest BCUT2D eigenvalue weighted by atomic mass is 16.6. The lowest BCUT2D eigenvalue weighted by Crippen LogP contribution is -2.42. The summed E-state index contributed by atoms with van der Waals surface area (Å²) in [6.07, 6.45) is -5.85. The van der Waals surface area contributed by atoms with Crippen molar-refractivity contribution in [2.24, 2.45) is 0 Å². The number of carbonyl (C=O) groups excluding carboxylic acids is 1. The van der Waals surface area contributed by atoms with Crippen LogP contribution in [0.5, 0.6) is 0 Å². The van der Waals surface area contributed by atoms with E-state index in [0.29, 0.717) is 0 Å². The third-order valence-electron chi connectivity index (χ3n) is 4.12. The van der Waals surface area contributed by atoms with Gasteiger partial charge in [-0.2, -0.15) is 0 Å². The molecule has 0 aromatic carbocycles. The van der Waals surface area contributed by atoms with Crippen molar-refractivity contribution < 1.29 is 29.3 Å². The molecule has 0 radical (unpaired) electrons. The van der Waals surface area contributed by atoms with Crippen LogP contribution >= 0.6 is 0 Å². The van der Waals surface area contributed by atoms with Gasteiger partial charge in [0.25, 0.3) is 5.56 Å². The zero-order chi connectivity index (χ0) is 19.7. The van der Waals surface area contributed by atoms with Crippen LogP contribution in [0, 0.1) is 11.8 Å². The van der Waals surface area contributed by atoms with E-state index >= 15 is 0 Å². The number of ether oxygens (including phenoxy) is 1. The van der Waals surface area contributed by atoms with Gasteiger partial charge in [-0.25, -0.2) is 4.79 Å². The van der Waals surface area contributed by atoms with Gasteiger partial charge >= 0.3 is 5.69 Å². The second kappa shape index (κ2) is 7.34. The Morgan fingerprint density at radius 2 is 2.07 bits per heavy atom. The molecule has 27 heavy (non-hydrogen) atoms. The van der Waals surface area contributed by atoms with E-state index in [1.54, 1.807) is 0 Å². The molecule has 1 saturated heterocycles. The quantitative estimate of drug-likeness (QED) is 0.366. The van der Waals surface area contributed by atoms with Gasteiger partial charge in [0.1, 0.15) is 30.0 Å². The molecule has 2 aromatic heterocycles. The molecule has 1 unspecified atom stereocenters. The van der Waals surface area contributed by atoms with Gasteiger partial charge in [0.05, 0.1) is 6.26 Å². The molecule has 0 bridgehead atoms. The van der Waals surface area contributed by atoms with Gasteiger partial charge in [-0.05, 0) is 19.1 Å². The van der Waals surface area contributed by atoms with E-state index < -0.39 is 47.7 Å². The minimum atomic E-state index is -1.85. The molecule has 3 heterocycles. The van der Waals surface area contributed by atoms with Crippen LogP contribution in [-0.4, -0.2) is 55.1 Å². The zero-order valence-electron chi connectivity index (χ0n) is 14.0. The van der Waals surface area contributed by atoms with Crippen LogP contribution in [0.4, 0.5) is 0 Å². The highest BCUT2D eigenvalue weighted by Gasteiger charge is 2.49. The van der Waals surface area contributed by atoms with Crippen molar-refractivity contribution in [2.45, 2.75) is 37.6 Å². The van der Waals surface area contributed by atoms with Gasteiger partial charge in [0, 0.05) is 6.20 Å². The van der Waals surface area contributed by atoms with Crippen LogP contribution in [0.1, 0.15) is 29.3 Å². The van der Waals surface area contributed by atoms with E-state index in [2.05, 4.69) is 11.8 Å². The minimum absolute atomic E-state index is 0.0574. The van der Waals surface area contributed by atoms with E-state index in [1.807, 2.05) is 4.98 Å². The fourth-order valence-corrected chi connectivity index (χ4v) is 2.79. The molecule has 2 aromatic rings. The Kier molecular flexibility index (Phi) is 5.11. The number of furan rings is 1. The van der Waals surface area contributed by atoms with Gasteiger partial charge in [0.2, 0.25) is 5.78 Å². The van der Waals surface area contributed by atoms with Crippen LogP contribution < -0.4 is 11.2 Å². The van der Waals surface area contributed by atoms with Crippen LogP contribution in [0.2, 0.25) is 0 Å². The largest absolute Gasteiger partial charge is 0.461 e. The molecule has 1 aliphatic heterocycles. The lowest BCUT2D eigenvalue weighted by molar-refractivity contribution is -0.0757. The second-order valence-electron chi connectivity index (χ2n) is 5.84. The minimum Gasteiger partial charge on any atom is -0.461 e. The number of ketones is 1. The molecule has 10 heteroatoms. The molecule has 142 valence electrons. The first-order chi connectivity index (χ1) is 12.8. The summed E-state index contributed by atoms with van der Waals surface area (Å²) in [5.74, 6) is 3.99. The summed E-state index contributed by atoms with van der Waals surface area (Å²) in [6.45, 7) is 1.49. The van der Waals surface area contributed by atoms with Crippen molar-refractivity contribution >= 4 is 5.78 Å². The van der Waals surface area contributed by atoms with E-state index in [4.69, 9.17) is 9.15 Å². The van der Waals surface area contributed by atoms with Crippen molar-refractivity contribution in [3.8, 4) is 11.8 Å². The molecule has 1 aliphatic rings. The summed E-state index contributed by atoms with van der Waals surface area (Å²) in [7, 11) is 0. The number of aromatic amines is 1. The van der Waals surface area contributed by atoms with Crippen molar-refractivity contribution in [1.82, 2.24) is 9.55 Å². The van der Waals surface area contributed by atoms with Crippen LogP contribution in [0.3, 0.4) is 0 Å². The highest BCUT2D eigenvalue weighted by Crippen LogP contribution is 2.31. The summed E-state index contributed by atoms with van der Waals surface area (Å²) in [5.41, 5.74) is -1.69. The van der Waals surface area contributed by atoms with Crippen molar-refractivity contribution in [3.05, 3.63) is 56.8 Å². The SMILES string of the molecule is CC#Cc1cn([C@@H]2O[C@H](C(O)C(=O)c3ccco3)[C@@H](O)[C@@H]2O)c(=O)[nH]c1=O. The molecule has 10 nitrogen and oxygen atoms in total. The molecule has 0 aliphatic carbocycles. The molecule has 5 atom stereocenters.